The number of allylic oxidation sites excluding steroid dienone is 2. The molecule has 0 N–H and O–H groups in total. The summed E-state index contributed by atoms with van der Waals surface area (Å²) in [4.78, 5) is 27.9. The Balaban J connectivity index is 0. The molecule has 0 amide bonds. The first-order valence-electron chi connectivity index (χ1n) is 23.5. The Morgan fingerprint density at radius 1 is 0.534 bits per heavy atom. The molecule has 2 aliphatic heterocycles. The Kier molecular flexibility index (Phi) is 38.3. The molecule has 0 bridgehead atoms. The number of hydrogen-bond acceptors (Lipinski definition) is 8. The average Bonchev–Trinajstić information content (AvgIpc) is 3.98. The van der Waals surface area contributed by atoms with Gasteiger partial charge in [-0.05, 0) is 103 Å². The van der Waals surface area contributed by atoms with E-state index in [1.165, 1.54) is 88.9 Å². The molecule has 0 atom stereocenters. The molecular weight excluding hydrogens is 708 g/mol. The van der Waals surface area contributed by atoms with E-state index in [4.69, 9.17) is 0 Å². The lowest BCUT2D eigenvalue weighted by Gasteiger charge is -2.24. The SMILES string of the molecule is CC.CC.CC.CC.CCN1CCCCC1.CCN1CCCCC1.C[B]Cc1nc2c(c(N(C)C[B]C)n1)C=CC2.C[B]Cc1nc2c(c(N(C)C[B]C)n1)CC=C2. The van der Waals surface area contributed by atoms with Crippen molar-refractivity contribution in [3.63, 3.8) is 0 Å². The number of piperidine rings is 2. The first-order chi connectivity index (χ1) is 28.4. The fourth-order valence-electron chi connectivity index (χ4n) is 6.75. The van der Waals surface area contributed by atoms with Gasteiger partial charge >= 0.3 is 0 Å². The van der Waals surface area contributed by atoms with Crippen LogP contribution in [-0.2, 0) is 25.5 Å². The van der Waals surface area contributed by atoms with Crippen LogP contribution < -0.4 is 9.80 Å². The third-order valence-electron chi connectivity index (χ3n) is 9.51. The van der Waals surface area contributed by atoms with E-state index in [9.17, 15) is 0 Å². The van der Waals surface area contributed by atoms with Crippen molar-refractivity contribution in [2.45, 2.75) is 161 Å². The highest BCUT2D eigenvalue weighted by Crippen LogP contribution is 2.27. The summed E-state index contributed by atoms with van der Waals surface area (Å²) in [5, 5.41) is 0. The van der Waals surface area contributed by atoms with Crippen molar-refractivity contribution in [2.24, 2.45) is 0 Å². The summed E-state index contributed by atoms with van der Waals surface area (Å²) in [5.41, 5.74) is 4.70. The molecule has 0 unspecified atom stereocenters. The predicted molar refractivity (Wildman–Crippen MR) is 267 cm³/mol. The standard InChI is InChI=1S/2C12H17B2N3.2C7H15N.4C2H6/c2*1-13-7-11-15-10-6-4-5-9(10)12(16-11)17(3)8-14-2;2*1-2-8-6-4-3-5-7-8;4*1-2/h4,6H,5,7-8H2,1-3H3;4-5H,6-8H2,1-3H3;2*2-7H2,1H3;4*1-2H3. The van der Waals surface area contributed by atoms with Crippen LogP contribution in [0.3, 0.4) is 0 Å². The van der Waals surface area contributed by atoms with Gasteiger partial charge in [0.25, 0.3) is 0 Å². The van der Waals surface area contributed by atoms with Gasteiger partial charge in [-0.25, -0.2) is 19.9 Å². The Morgan fingerprint density at radius 2 is 0.966 bits per heavy atom. The van der Waals surface area contributed by atoms with Crippen LogP contribution in [0.4, 0.5) is 11.6 Å². The molecule has 0 aromatic carbocycles. The van der Waals surface area contributed by atoms with Crippen molar-refractivity contribution >= 4 is 52.9 Å². The maximum atomic E-state index is 4.68. The minimum Gasteiger partial charge on any atom is -0.368 e. The van der Waals surface area contributed by atoms with E-state index >= 15 is 0 Å². The molecule has 2 fully saturated rings. The Hall–Kier alpha value is -2.58. The van der Waals surface area contributed by atoms with Gasteiger partial charge in [0.2, 0.25) is 0 Å². The quantitative estimate of drug-likeness (QED) is 0.197. The summed E-state index contributed by atoms with van der Waals surface area (Å²) >= 11 is 0. The molecule has 4 aliphatic rings. The molecule has 12 heteroatoms. The highest BCUT2D eigenvalue weighted by Gasteiger charge is 2.19. The summed E-state index contributed by atoms with van der Waals surface area (Å²) in [7, 11) is 12.6. The van der Waals surface area contributed by atoms with Gasteiger partial charge in [0.15, 0.2) is 0 Å². The molecule has 324 valence electrons. The number of anilines is 2. The second-order valence-corrected chi connectivity index (χ2v) is 13.7. The zero-order valence-corrected chi connectivity index (χ0v) is 40.9. The minimum atomic E-state index is 0.831. The van der Waals surface area contributed by atoms with Crippen LogP contribution in [0.2, 0.25) is 27.3 Å². The fraction of sp³-hybridized carbons (Fsp3) is 0.739. The van der Waals surface area contributed by atoms with Crippen molar-refractivity contribution in [1.82, 2.24) is 29.7 Å². The molecular formula is C46H88B4N8. The first kappa shape index (κ1) is 57.5. The lowest BCUT2D eigenvalue weighted by Crippen LogP contribution is -2.29. The van der Waals surface area contributed by atoms with E-state index in [0.717, 1.165) is 73.0 Å². The van der Waals surface area contributed by atoms with Gasteiger partial charge < -0.3 is 19.6 Å². The van der Waals surface area contributed by atoms with Crippen molar-refractivity contribution in [3.05, 3.63) is 46.3 Å². The van der Waals surface area contributed by atoms with Crippen LogP contribution in [-0.4, -0.2) is 125 Å². The monoisotopic (exact) mass is 797 g/mol. The molecule has 4 radical (unpaired) electrons. The van der Waals surface area contributed by atoms with Crippen molar-refractivity contribution < 1.29 is 0 Å². The number of nitrogens with zero attached hydrogens (tertiary/aromatic N) is 8. The smallest absolute Gasteiger partial charge is 0.138 e. The van der Waals surface area contributed by atoms with Gasteiger partial charge in [-0.3, -0.25) is 0 Å². The maximum Gasteiger partial charge on any atom is 0.138 e. The highest BCUT2D eigenvalue weighted by molar-refractivity contribution is 6.35. The molecule has 2 saturated heterocycles. The average molecular weight is 797 g/mol. The number of fused-ring (bicyclic) bond motifs is 2. The van der Waals surface area contributed by atoms with Gasteiger partial charge in [-0.1, -0.05) is 128 Å². The summed E-state index contributed by atoms with van der Waals surface area (Å²) in [6.45, 7) is 36.6. The second-order valence-electron chi connectivity index (χ2n) is 13.7. The zero-order valence-electron chi connectivity index (χ0n) is 40.9. The molecule has 0 saturated carbocycles. The van der Waals surface area contributed by atoms with Crippen molar-refractivity contribution in [3.8, 4) is 0 Å². The number of aromatic nitrogens is 4. The number of rotatable bonds is 12. The van der Waals surface area contributed by atoms with Crippen LogP contribution in [0, 0.1) is 0 Å². The predicted octanol–water partition coefficient (Wildman–Crippen LogP) is 9.98. The van der Waals surface area contributed by atoms with E-state index < -0.39 is 0 Å². The van der Waals surface area contributed by atoms with E-state index in [1.807, 2.05) is 69.0 Å². The molecule has 0 spiro atoms. The molecule has 58 heavy (non-hydrogen) atoms. The summed E-state index contributed by atoms with van der Waals surface area (Å²) in [6.07, 6.45) is 22.5. The first-order valence-corrected chi connectivity index (χ1v) is 23.5. The van der Waals surface area contributed by atoms with Gasteiger partial charge in [0.1, 0.15) is 52.4 Å². The fourth-order valence-corrected chi connectivity index (χ4v) is 6.75. The van der Waals surface area contributed by atoms with E-state index in [1.54, 1.807) is 0 Å². The third kappa shape index (κ3) is 22.1. The third-order valence-corrected chi connectivity index (χ3v) is 9.51. The lowest BCUT2D eigenvalue weighted by molar-refractivity contribution is 0.240. The van der Waals surface area contributed by atoms with Gasteiger partial charge in [-0.15, -0.1) is 0 Å². The lowest BCUT2D eigenvalue weighted by atomic mass is 9.78. The van der Waals surface area contributed by atoms with Crippen LogP contribution >= 0.6 is 0 Å². The molecule has 8 nitrogen and oxygen atoms in total. The van der Waals surface area contributed by atoms with Gasteiger partial charge in [-0.2, -0.15) is 0 Å². The highest BCUT2D eigenvalue weighted by atomic mass is 15.2. The van der Waals surface area contributed by atoms with Crippen LogP contribution in [0.25, 0.3) is 12.2 Å². The Bertz CT molecular complexity index is 1300. The Morgan fingerprint density at radius 3 is 1.40 bits per heavy atom. The molecule has 2 aromatic rings. The summed E-state index contributed by atoms with van der Waals surface area (Å²) in [6, 6.07) is 0. The second kappa shape index (κ2) is 38.6. The van der Waals surface area contributed by atoms with Crippen LogP contribution in [0.1, 0.15) is 142 Å². The van der Waals surface area contributed by atoms with Crippen molar-refractivity contribution in [1.29, 1.82) is 0 Å². The Labute approximate surface area is 364 Å². The van der Waals surface area contributed by atoms with Crippen LogP contribution in [0.15, 0.2) is 12.2 Å². The summed E-state index contributed by atoms with van der Waals surface area (Å²) in [5.74, 6) is 3.97. The van der Waals surface area contributed by atoms with E-state index in [0.29, 0.717) is 0 Å². The van der Waals surface area contributed by atoms with E-state index in [-0.39, 0.29) is 0 Å². The number of likely N-dealkylation sites (tertiary alicyclic amines) is 2. The molecule has 4 heterocycles. The molecule has 2 aromatic heterocycles. The van der Waals surface area contributed by atoms with Crippen molar-refractivity contribution in [2.75, 3.05) is 76.1 Å². The van der Waals surface area contributed by atoms with Gasteiger partial charge in [0.05, 0.1) is 11.4 Å². The van der Waals surface area contributed by atoms with Gasteiger partial charge in [0, 0.05) is 31.6 Å². The maximum absolute atomic E-state index is 4.68. The largest absolute Gasteiger partial charge is 0.368 e. The summed E-state index contributed by atoms with van der Waals surface area (Å²) < 4.78 is 0. The molecule has 2 aliphatic carbocycles. The van der Waals surface area contributed by atoms with Crippen LogP contribution in [0.5, 0.6) is 0 Å². The zero-order chi connectivity index (χ0) is 44.1. The minimum absolute atomic E-state index is 0.831. The normalized spacial score (nSPS) is 14.2. The number of hydrogen-bond donors (Lipinski definition) is 0. The van der Waals surface area contributed by atoms with E-state index in [2.05, 4.69) is 135 Å². The topological polar surface area (TPSA) is 64.5 Å². The molecule has 6 rings (SSSR count).